The highest BCUT2D eigenvalue weighted by Crippen LogP contribution is 2.25. The molecule has 7 heteroatoms. The molecule has 0 fully saturated rings. The first kappa shape index (κ1) is 18.0. The average Bonchev–Trinajstić information content (AvgIpc) is 2.56. The van der Waals surface area contributed by atoms with Crippen LogP contribution >= 0.6 is 23.2 Å². The number of hydrogen-bond acceptors (Lipinski definition) is 3. The van der Waals surface area contributed by atoms with Crippen molar-refractivity contribution in [3.8, 4) is 0 Å². The molecule has 0 aromatic heterocycles. The molecule has 0 radical (unpaired) electrons. The van der Waals surface area contributed by atoms with Crippen LogP contribution in [0.2, 0.25) is 10.0 Å². The molecular weight excluding hydrogens is 349 g/mol. The van der Waals surface area contributed by atoms with Crippen molar-refractivity contribution in [2.75, 3.05) is 5.32 Å². The summed E-state index contributed by atoms with van der Waals surface area (Å²) in [6, 6.07) is 12.2. The maximum absolute atomic E-state index is 11.9. The number of aryl methyl sites for hydroxylation is 1. The van der Waals surface area contributed by atoms with Gasteiger partial charge < -0.3 is 5.32 Å². The fraction of sp³-hybridized carbons (Fsp3) is 0.118. The zero-order valence-corrected chi connectivity index (χ0v) is 14.6. The molecule has 24 heavy (non-hydrogen) atoms. The van der Waals surface area contributed by atoms with Gasteiger partial charge in [0, 0.05) is 5.02 Å². The molecule has 0 unspecified atom stereocenters. The Bertz CT molecular complexity index is 802. The van der Waals surface area contributed by atoms with E-state index in [1.54, 1.807) is 13.0 Å². The van der Waals surface area contributed by atoms with Gasteiger partial charge in [0.15, 0.2) is 0 Å². The van der Waals surface area contributed by atoms with Gasteiger partial charge >= 0.3 is 11.8 Å². The minimum atomic E-state index is -0.905. The second-order valence-electron chi connectivity index (χ2n) is 5.08. The molecule has 0 saturated heterocycles. The number of rotatable bonds is 3. The van der Waals surface area contributed by atoms with Crippen LogP contribution < -0.4 is 10.7 Å². The number of carbonyl (C=O) groups is 2. The Morgan fingerprint density at radius 2 is 1.67 bits per heavy atom. The predicted molar refractivity (Wildman–Crippen MR) is 96.6 cm³/mol. The van der Waals surface area contributed by atoms with Gasteiger partial charge in [0.1, 0.15) is 0 Å². The van der Waals surface area contributed by atoms with Gasteiger partial charge in [-0.25, -0.2) is 5.43 Å². The summed E-state index contributed by atoms with van der Waals surface area (Å²) in [5.41, 5.74) is 5.01. The van der Waals surface area contributed by atoms with Gasteiger partial charge in [-0.1, -0.05) is 53.0 Å². The van der Waals surface area contributed by atoms with Crippen LogP contribution in [0, 0.1) is 6.92 Å². The van der Waals surface area contributed by atoms with E-state index in [2.05, 4.69) is 15.8 Å². The maximum atomic E-state index is 11.9. The monoisotopic (exact) mass is 363 g/mol. The molecule has 2 aromatic carbocycles. The molecule has 0 atom stereocenters. The van der Waals surface area contributed by atoms with E-state index in [4.69, 9.17) is 23.2 Å². The van der Waals surface area contributed by atoms with Gasteiger partial charge in [-0.2, -0.15) is 5.10 Å². The van der Waals surface area contributed by atoms with Gasteiger partial charge in [-0.05, 0) is 37.6 Å². The number of amides is 2. The van der Waals surface area contributed by atoms with E-state index in [9.17, 15) is 9.59 Å². The summed E-state index contributed by atoms with van der Waals surface area (Å²) >= 11 is 11.8. The Morgan fingerprint density at radius 1 is 1.00 bits per heavy atom. The van der Waals surface area contributed by atoms with E-state index in [1.165, 1.54) is 12.1 Å². The second kappa shape index (κ2) is 7.95. The molecule has 0 aliphatic heterocycles. The molecule has 2 rings (SSSR count). The van der Waals surface area contributed by atoms with Crippen LogP contribution in [0.3, 0.4) is 0 Å². The van der Waals surface area contributed by atoms with Crippen molar-refractivity contribution in [1.29, 1.82) is 0 Å². The molecule has 0 spiro atoms. The summed E-state index contributed by atoms with van der Waals surface area (Å²) in [5.74, 6) is -1.79. The lowest BCUT2D eigenvalue weighted by Gasteiger charge is -2.07. The Labute approximate surface area is 149 Å². The first-order chi connectivity index (χ1) is 11.4. The summed E-state index contributed by atoms with van der Waals surface area (Å²) < 4.78 is 0. The lowest BCUT2D eigenvalue weighted by Crippen LogP contribution is -2.33. The largest absolute Gasteiger partial charge is 0.329 e. The van der Waals surface area contributed by atoms with Gasteiger partial charge in [0.05, 0.1) is 16.4 Å². The predicted octanol–water partition coefficient (Wildman–Crippen LogP) is 3.78. The Morgan fingerprint density at radius 3 is 2.33 bits per heavy atom. The van der Waals surface area contributed by atoms with Crippen molar-refractivity contribution in [3.05, 3.63) is 63.6 Å². The van der Waals surface area contributed by atoms with Gasteiger partial charge in [0.2, 0.25) is 0 Å². The highest BCUT2D eigenvalue weighted by Gasteiger charge is 2.15. The van der Waals surface area contributed by atoms with Gasteiger partial charge in [-0.3, -0.25) is 9.59 Å². The zero-order valence-electron chi connectivity index (χ0n) is 13.1. The quantitative estimate of drug-likeness (QED) is 0.494. The number of carbonyl (C=O) groups excluding carboxylic acids is 2. The highest BCUT2D eigenvalue weighted by atomic mass is 35.5. The lowest BCUT2D eigenvalue weighted by molar-refractivity contribution is -0.136. The molecule has 0 bridgehead atoms. The van der Waals surface area contributed by atoms with E-state index in [0.717, 1.165) is 11.1 Å². The molecule has 0 saturated carbocycles. The minimum Gasteiger partial charge on any atom is -0.316 e. The van der Waals surface area contributed by atoms with Crippen LogP contribution in [0.5, 0.6) is 0 Å². The third-order valence-electron chi connectivity index (χ3n) is 3.18. The highest BCUT2D eigenvalue weighted by molar-refractivity contribution is 6.42. The molecule has 0 aliphatic rings. The van der Waals surface area contributed by atoms with Gasteiger partial charge in [-0.15, -0.1) is 0 Å². The number of nitrogens with zero attached hydrogens (tertiary/aromatic N) is 1. The van der Waals surface area contributed by atoms with E-state index in [-0.39, 0.29) is 10.7 Å². The van der Waals surface area contributed by atoms with Crippen LogP contribution in [-0.2, 0) is 9.59 Å². The third-order valence-corrected chi connectivity index (χ3v) is 3.74. The Kier molecular flexibility index (Phi) is 5.95. The van der Waals surface area contributed by atoms with Crippen molar-refractivity contribution in [2.45, 2.75) is 13.8 Å². The maximum Gasteiger partial charge on any atom is 0.329 e. The SMILES string of the molecule is C/C(=N\NC(=O)C(=O)Nc1cc(Cl)ccc1Cl)c1ccc(C)cc1. The molecule has 0 aliphatic carbocycles. The van der Waals surface area contributed by atoms with Crippen molar-refractivity contribution in [2.24, 2.45) is 5.10 Å². The first-order valence-electron chi connectivity index (χ1n) is 7.04. The number of halogens is 2. The molecule has 0 heterocycles. The number of hydrogen-bond donors (Lipinski definition) is 2. The number of hydrazone groups is 1. The van der Waals surface area contributed by atoms with Crippen LogP contribution in [0.4, 0.5) is 5.69 Å². The van der Waals surface area contributed by atoms with E-state index in [0.29, 0.717) is 10.7 Å². The van der Waals surface area contributed by atoms with Crippen LogP contribution in [0.1, 0.15) is 18.1 Å². The fourth-order valence-electron chi connectivity index (χ4n) is 1.82. The summed E-state index contributed by atoms with van der Waals surface area (Å²) in [6.07, 6.45) is 0. The van der Waals surface area contributed by atoms with Crippen molar-refractivity contribution in [3.63, 3.8) is 0 Å². The Balaban J connectivity index is 2.01. The topological polar surface area (TPSA) is 70.6 Å². The molecule has 124 valence electrons. The molecule has 2 aromatic rings. The second-order valence-corrected chi connectivity index (χ2v) is 5.93. The van der Waals surface area contributed by atoms with Crippen molar-refractivity contribution < 1.29 is 9.59 Å². The minimum absolute atomic E-state index is 0.253. The molecule has 2 N–H and O–H groups in total. The molecule has 5 nitrogen and oxygen atoms in total. The normalized spacial score (nSPS) is 11.1. The number of anilines is 1. The standard InChI is InChI=1S/C17H15Cl2N3O2/c1-10-3-5-12(6-4-10)11(2)21-22-17(24)16(23)20-15-9-13(18)7-8-14(15)19/h3-9H,1-2H3,(H,20,23)(H,22,24)/b21-11+. The number of benzene rings is 2. The van der Waals surface area contributed by atoms with Gasteiger partial charge in [0.25, 0.3) is 0 Å². The van der Waals surface area contributed by atoms with Crippen molar-refractivity contribution >= 4 is 46.4 Å². The van der Waals surface area contributed by atoms with Crippen LogP contribution in [0.15, 0.2) is 47.6 Å². The summed E-state index contributed by atoms with van der Waals surface area (Å²) in [5, 5.41) is 6.98. The van der Waals surface area contributed by atoms with E-state index >= 15 is 0 Å². The van der Waals surface area contributed by atoms with E-state index < -0.39 is 11.8 Å². The lowest BCUT2D eigenvalue weighted by atomic mass is 10.1. The first-order valence-corrected chi connectivity index (χ1v) is 7.80. The Hall–Kier alpha value is -2.37. The van der Waals surface area contributed by atoms with E-state index in [1.807, 2.05) is 31.2 Å². The van der Waals surface area contributed by atoms with Crippen molar-refractivity contribution in [1.82, 2.24) is 5.43 Å². The zero-order chi connectivity index (χ0) is 17.7. The third kappa shape index (κ3) is 4.81. The van der Waals surface area contributed by atoms with Crippen LogP contribution in [-0.4, -0.2) is 17.5 Å². The average molecular weight is 364 g/mol. The molecule has 2 amide bonds. The number of nitrogens with one attached hydrogen (secondary N) is 2. The summed E-state index contributed by atoms with van der Waals surface area (Å²) in [4.78, 5) is 23.7. The molecular formula is C17H15Cl2N3O2. The summed E-state index contributed by atoms with van der Waals surface area (Å²) in [7, 11) is 0. The van der Waals surface area contributed by atoms with Crippen LogP contribution in [0.25, 0.3) is 0 Å². The fourth-order valence-corrected chi connectivity index (χ4v) is 2.15. The smallest absolute Gasteiger partial charge is 0.316 e. The summed E-state index contributed by atoms with van der Waals surface area (Å²) in [6.45, 7) is 3.71.